The van der Waals surface area contributed by atoms with Gasteiger partial charge in [-0.05, 0) is 18.6 Å². The summed E-state index contributed by atoms with van der Waals surface area (Å²) in [5.41, 5.74) is 3.10. The third-order valence-corrected chi connectivity index (χ3v) is 5.03. The molecule has 0 saturated heterocycles. The van der Waals surface area contributed by atoms with E-state index in [1.165, 1.54) is 0 Å². The molecule has 136 valence electrons. The van der Waals surface area contributed by atoms with Crippen molar-refractivity contribution in [2.45, 2.75) is 12.8 Å². The number of hydrogen-bond acceptors (Lipinski definition) is 5. The maximum absolute atomic E-state index is 12.3. The predicted molar refractivity (Wildman–Crippen MR) is 105 cm³/mol. The molecule has 4 rings (SSSR count). The molecule has 3 aromatic rings. The first-order valence-corrected chi connectivity index (χ1v) is 9.42. The third kappa shape index (κ3) is 3.98. The topological polar surface area (TPSA) is 80.3 Å². The number of hydrogen-bond donors (Lipinski definition) is 2. The molecule has 2 amide bonds. The van der Waals surface area contributed by atoms with E-state index in [0.29, 0.717) is 30.0 Å². The zero-order valence-electron chi connectivity index (χ0n) is 14.4. The van der Waals surface area contributed by atoms with Crippen LogP contribution in [0.5, 0.6) is 5.75 Å². The van der Waals surface area contributed by atoms with Crippen LogP contribution in [0.25, 0.3) is 10.6 Å². The number of anilines is 2. The van der Waals surface area contributed by atoms with Crippen LogP contribution < -0.4 is 15.4 Å². The highest BCUT2D eigenvalue weighted by Gasteiger charge is 2.20. The first-order valence-electron chi connectivity index (χ1n) is 8.54. The van der Waals surface area contributed by atoms with Gasteiger partial charge in [-0.2, -0.15) is 0 Å². The number of thiazole rings is 1. The van der Waals surface area contributed by atoms with Gasteiger partial charge in [-0.3, -0.25) is 9.59 Å². The second-order valence-electron chi connectivity index (χ2n) is 6.08. The smallest absolute Gasteiger partial charge is 0.262 e. The molecule has 1 aromatic heterocycles. The Morgan fingerprint density at radius 2 is 2.04 bits per heavy atom. The van der Waals surface area contributed by atoms with Crippen molar-refractivity contribution in [3.05, 3.63) is 59.6 Å². The molecule has 0 bridgehead atoms. The number of aromatic nitrogens is 1. The normalized spacial score (nSPS) is 12.7. The Labute approximate surface area is 160 Å². The summed E-state index contributed by atoms with van der Waals surface area (Å²) < 4.78 is 5.45. The number of ether oxygens (including phenoxy) is 1. The van der Waals surface area contributed by atoms with Crippen molar-refractivity contribution in [1.29, 1.82) is 0 Å². The highest BCUT2D eigenvalue weighted by molar-refractivity contribution is 7.13. The zero-order chi connectivity index (χ0) is 18.6. The highest BCUT2D eigenvalue weighted by atomic mass is 32.1. The van der Waals surface area contributed by atoms with Gasteiger partial charge in [-0.1, -0.05) is 36.4 Å². The number of carbonyl (C=O) groups is 2. The van der Waals surface area contributed by atoms with Crippen LogP contribution in [0.3, 0.4) is 0 Å². The molecule has 2 N–H and O–H groups in total. The van der Waals surface area contributed by atoms with Crippen LogP contribution >= 0.6 is 11.3 Å². The molecular formula is C20H17N3O3S. The van der Waals surface area contributed by atoms with Crippen LogP contribution in [0.15, 0.2) is 53.9 Å². The molecule has 0 fully saturated rings. The number of para-hydroxylation sites is 1. The lowest BCUT2D eigenvalue weighted by Crippen LogP contribution is -2.26. The van der Waals surface area contributed by atoms with Crippen molar-refractivity contribution in [1.82, 2.24) is 4.98 Å². The molecule has 1 aliphatic rings. The summed E-state index contributed by atoms with van der Waals surface area (Å²) in [5.74, 6) is 0.160. The van der Waals surface area contributed by atoms with E-state index >= 15 is 0 Å². The largest absolute Gasteiger partial charge is 0.479 e. The SMILES string of the molecule is O=C(CCc1csc(-c2ccccc2)n1)Nc1cccc2c1OCC(=O)N2. The van der Waals surface area contributed by atoms with E-state index in [-0.39, 0.29) is 18.4 Å². The fourth-order valence-corrected chi connectivity index (χ4v) is 3.66. The minimum absolute atomic E-state index is 0.0546. The van der Waals surface area contributed by atoms with Crippen LogP contribution in [0.4, 0.5) is 11.4 Å². The Kier molecular flexibility index (Phi) is 4.84. The van der Waals surface area contributed by atoms with Gasteiger partial charge >= 0.3 is 0 Å². The molecule has 7 heteroatoms. The lowest BCUT2D eigenvalue weighted by atomic mass is 10.2. The summed E-state index contributed by atoms with van der Waals surface area (Å²) in [5, 5.41) is 8.52. The van der Waals surface area contributed by atoms with Crippen molar-refractivity contribution >= 4 is 34.5 Å². The lowest BCUT2D eigenvalue weighted by Gasteiger charge is -2.20. The monoisotopic (exact) mass is 379 g/mol. The standard InChI is InChI=1S/C20H17N3O3S/c24-17(22-15-7-4-8-16-19(15)26-11-18(25)23-16)10-9-14-12-27-20(21-14)13-5-2-1-3-6-13/h1-8,12H,9-11H2,(H,22,24)(H,23,25). The van der Waals surface area contributed by atoms with E-state index in [9.17, 15) is 9.59 Å². The Morgan fingerprint density at radius 3 is 2.89 bits per heavy atom. The van der Waals surface area contributed by atoms with E-state index in [1.807, 2.05) is 35.7 Å². The third-order valence-electron chi connectivity index (χ3n) is 4.09. The summed E-state index contributed by atoms with van der Waals surface area (Å²) in [6.45, 7) is -0.0546. The van der Waals surface area contributed by atoms with Crippen LogP contribution in [-0.2, 0) is 16.0 Å². The fraction of sp³-hybridized carbons (Fsp3) is 0.150. The van der Waals surface area contributed by atoms with Crippen LogP contribution in [0, 0.1) is 0 Å². The molecule has 0 aliphatic carbocycles. The number of rotatable bonds is 5. The van der Waals surface area contributed by atoms with E-state index < -0.39 is 0 Å². The van der Waals surface area contributed by atoms with Crippen LogP contribution in [0.2, 0.25) is 0 Å². The summed E-state index contributed by atoms with van der Waals surface area (Å²) in [6, 6.07) is 15.2. The molecule has 1 aliphatic heterocycles. The van der Waals surface area contributed by atoms with Gasteiger partial charge in [-0.25, -0.2) is 4.98 Å². The number of carbonyl (C=O) groups excluding carboxylic acids is 2. The van der Waals surface area contributed by atoms with E-state index in [4.69, 9.17) is 4.74 Å². The number of amides is 2. The predicted octanol–water partition coefficient (Wildman–Crippen LogP) is 3.71. The van der Waals surface area contributed by atoms with Gasteiger partial charge in [0.25, 0.3) is 5.91 Å². The average molecular weight is 379 g/mol. The van der Waals surface area contributed by atoms with E-state index in [2.05, 4.69) is 15.6 Å². The van der Waals surface area contributed by atoms with Gasteiger partial charge in [0.2, 0.25) is 5.91 Å². The zero-order valence-corrected chi connectivity index (χ0v) is 15.2. The molecule has 0 unspecified atom stereocenters. The highest BCUT2D eigenvalue weighted by Crippen LogP contribution is 2.35. The fourth-order valence-electron chi connectivity index (χ4n) is 2.80. The Morgan fingerprint density at radius 1 is 1.19 bits per heavy atom. The number of benzene rings is 2. The van der Waals surface area contributed by atoms with E-state index in [0.717, 1.165) is 16.3 Å². The molecule has 0 radical (unpaired) electrons. The van der Waals surface area contributed by atoms with Crippen LogP contribution in [-0.4, -0.2) is 23.4 Å². The van der Waals surface area contributed by atoms with Gasteiger partial charge in [0.1, 0.15) is 5.01 Å². The van der Waals surface area contributed by atoms with Gasteiger partial charge in [0, 0.05) is 17.4 Å². The number of fused-ring (bicyclic) bond motifs is 1. The molecule has 27 heavy (non-hydrogen) atoms. The molecule has 6 nitrogen and oxygen atoms in total. The molecule has 2 heterocycles. The van der Waals surface area contributed by atoms with Crippen molar-refractivity contribution in [3.8, 4) is 16.3 Å². The van der Waals surface area contributed by atoms with Crippen molar-refractivity contribution in [3.63, 3.8) is 0 Å². The Balaban J connectivity index is 1.38. The summed E-state index contributed by atoms with van der Waals surface area (Å²) in [6.07, 6.45) is 0.871. The van der Waals surface area contributed by atoms with Crippen molar-refractivity contribution in [2.24, 2.45) is 0 Å². The van der Waals surface area contributed by atoms with Gasteiger partial charge < -0.3 is 15.4 Å². The van der Waals surface area contributed by atoms with Crippen molar-refractivity contribution in [2.75, 3.05) is 17.2 Å². The van der Waals surface area contributed by atoms with Crippen LogP contribution in [0.1, 0.15) is 12.1 Å². The minimum Gasteiger partial charge on any atom is -0.479 e. The van der Waals surface area contributed by atoms with Gasteiger partial charge in [0.15, 0.2) is 12.4 Å². The second kappa shape index (κ2) is 7.59. The molecule has 0 spiro atoms. The minimum atomic E-state index is -0.205. The molecule has 0 saturated carbocycles. The molecular weight excluding hydrogens is 362 g/mol. The quantitative estimate of drug-likeness (QED) is 0.708. The number of nitrogens with zero attached hydrogens (tertiary/aromatic N) is 1. The molecule has 0 atom stereocenters. The average Bonchev–Trinajstić information content (AvgIpc) is 3.16. The van der Waals surface area contributed by atoms with Crippen molar-refractivity contribution < 1.29 is 14.3 Å². The maximum Gasteiger partial charge on any atom is 0.262 e. The second-order valence-corrected chi connectivity index (χ2v) is 6.94. The van der Waals surface area contributed by atoms with Gasteiger partial charge in [-0.15, -0.1) is 11.3 Å². The summed E-state index contributed by atoms with van der Waals surface area (Å²) in [7, 11) is 0. The molecule has 2 aromatic carbocycles. The van der Waals surface area contributed by atoms with Gasteiger partial charge in [0.05, 0.1) is 17.1 Å². The summed E-state index contributed by atoms with van der Waals surface area (Å²) in [4.78, 5) is 28.3. The maximum atomic E-state index is 12.3. The lowest BCUT2D eigenvalue weighted by molar-refractivity contribution is -0.118. The first-order chi connectivity index (χ1) is 13.2. The first kappa shape index (κ1) is 17.2. The van der Waals surface area contributed by atoms with E-state index in [1.54, 1.807) is 29.5 Å². The summed E-state index contributed by atoms with van der Waals surface area (Å²) >= 11 is 1.57. The number of aryl methyl sites for hydroxylation is 1. The Bertz CT molecular complexity index is 985. The number of nitrogens with one attached hydrogen (secondary N) is 2. The Hall–Kier alpha value is -3.19.